The average molecular weight is 240 g/mol. The molecule has 0 aromatic rings. The molecule has 0 fully saturated rings. The fourth-order valence-corrected chi connectivity index (χ4v) is 1.56. The third kappa shape index (κ3) is 3.58. The molecule has 0 aromatic carbocycles. The molecule has 0 aliphatic carbocycles. The predicted octanol–water partition coefficient (Wildman–Crippen LogP) is 4.20. The van der Waals surface area contributed by atoms with Crippen molar-refractivity contribution in [3.63, 3.8) is 0 Å². The molecule has 0 amide bonds. The lowest BCUT2D eigenvalue weighted by Crippen LogP contribution is -2.45. The number of carbonyl (C=O) groups excluding carboxylic acids is 1. The van der Waals surface area contributed by atoms with E-state index >= 15 is 0 Å². The molecule has 0 unspecified atom stereocenters. The normalized spacial score (nSPS) is 13.4. The predicted molar refractivity (Wildman–Crippen MR) is 72.8 cm³/mol. The number of esters is 1. The van der Waals surface area contributed by atoms with E-state index in [1.165, 1.54) is 0 Å². The maximum atomic E-state index is 11.4. The molecular weight excluding hydrogens is 212 g/mol. The van der Waals surface area contributed by atoms with Gasteiger partial charge in [-0.15, -0.1) is 0 Å². The standard InChI is InChI=1S/C15H28O2/c1-11(2)12(16)17-10-14(6,7)15(8,9)13(3,4)5/h1,10H2,2-9H3. The van der Waals surface area contributed by atoms with Crippen molar-refractivity contribution in [3.05, 3.63) is 12.2 Å². The number of carbonyl (C=O) groups is 1. The van der Waals surface area contributed by atoms with Crippen LogP contribution in [0, 0.1) is 16.2 Å². The first-order valence-electron chi connectivity index (χ1n) is 6.15. The van der Waals surface area contributed by atoms with Crippen LogP contribution < -0.4 is 0 Å². The summed E-state index contributed by atoms with van der Waals surface area (Å²) in [4.78, 5) is 11.4. The van der Waals surface area contributed by atoms with Crippen molar-refractivity contribution in [3.8, 4) is 0 Å². The summed E-state index contributed by atoms with van der Waals surface area (Å²) in [5.74, 6) is -0.303. The van der Waals surface area contributed by atoms with Crippen LogP contribution in [-0.4, -0.2) is 12.6 Å². The molecule has 0 rings (SSSR count). The Labute approximate surface area is 106 Å². The summed E-state index contributed by atoms with van der Waals surface area (Å²) in [6.45, 7) is 21.1. The van der Waals surface area contributed by atoms with Crippen molar-refractivity contribution in [1.29, 1.82) is 0 Å². The van der Waals surface area contributed by atoms with E-state index < -0.39 is 0 Å². The van der Waals surface area contributed by atoms with Gasteiger partial charge in [-0.05, 0) is 17.8 Å². The van der Waals surface area contributed by atoms with Crippen molar-refractivity contribution in [1.82, 2.24) is 0 Å². The van der Waals surface area contributed by atoms with Gasteiger partial charge in [0.25, 0.3) is 0 Å². The quantitative estimate of drug-likeness (QED) is 0.543. The monoisotopic (exact) mass is 240 g/mol. The second-order valence-corrected chi connectivity index (χ2v) is 7.12. The van der Waals surface area contributed by atoms with Crippen LogP contribution in [0.4, 0.5) is 0 Å². The van der Waals surface area contributed by atoms with Gasteiger partial charge in [0.15, 0.2) is 0 Å². The van der Waals surface area contributed by atoms with E-state index in [0.29, 0.717) is 12.2 Å². The molecule has 0 aliphatic heterocycles. The molecule has 17 heavy (non-hydrogen) atoms. The number of hydrogen-bond acceptors (Lipinski definition) is 2. The maximum absolute atomic E-state index is 11.4. The van der Waals surface area contributed by atoms with Crippen molar-refractivity contribution >= 4 is 5.97 Å². The molecule has 0 saturated carbocycles. The molecule has 2 nitrogen and oxygen atoms in total. The largest absolute Gasteiger partial charge is 0.462 e. The first-order chi connectivity index (χ1) is 7.33. The molecule has 0 radical (unpaired) electrons. The zero-order valence-electron chi connectivity index (χ0n) is 12.7. The Hall–Kier alpha value is -0.790. The Kier molecular flexibility index (Phi) is 4.61. The van der Waals surface area contributed by atoms with Crippen LogP contribution in [0.15, 0.2) is 12.2 Å². The van der Waals surface area contributed by atoms with Crippen molar-refractivity contribution in [2.75, 3.05) is 6.61 Å². The highest BCUT2D eigenvalue weighted by atomic mass is 16.5. The minimum Gasteiger partial charge on any atom is -0.462 e. The zero-order valence-corrected chi connectivity index (χ0v) is 12.7. The van der Waals surface area contributed by atoms with Crippen LogP contribution in [0.2, 0.25) is 0 Å². The van der Waals surface area contributed by atoms with Crippen molar-refractivity contribution in [2.45, 2.75) is 55.4 Å². The molecule has 0 aliphatic rings. The second kappa shape index (κ2) is 4.83. The average Bonchev–Trinajstić information content (AvgIpc) is 2.11. The van der Waals surface area contributed by atoms with Gasteiger partial charge < -0.3 is 4.74 Å². The molecular formula is C15H28O2. The van der Waals surface area contributed by atoms with E-state index in [1.807, 2.05) is 0 Å². The lowest BCUT2D eigenvalue weighted by molar-refractivity contribution is -0.147. The Morgan fingerprint density at radius 1 is 1.06 bits per heavy atom. The van der Waals surface area contributed by atoms with E-state index in [4.69, 9.17) is 4.74 Å². The summed E-state index contributed by atoms with van der Waals surface area (Å²) in [6, 6.07) is 0. The SMILES string of the molecule is C=C(C)C(=O)OCC(C)(C)C(C)(C)C(C)(C)C. The van der Waals surface area contributed by atoms with E-state index in [1.54, 1.807) is 6.92 Å². The van der Waals surface area contributed by atoms with Gasteiger partial charge in [0, 0.05) is 11.0 Å². The highest BCUT2D eigenvalue weighted by molar-refractivity contribution is 5.86. The lowest BCUT2D eigenvalue weighted by Gasteiger charge is -2.50. The Morgan fingerprint density at radius 3 is 1.76 bits per heavy atom. The first kappa shape index (κ1) is 16.2. The maximum Gasteiger partial charge on any atom is 0.333 e. The Morgan fingerprint density at radius 2 is 1.47 bits per heavy atom. The van der Waals surface area contributed by atoms with Crippen LogP contribution in [0.1, 0.15) is 55.4 Å². The second-order valence-electron chi connectivity index (χ2n) is 7.12. The minimum absolute atomic E-state index is 0.0509. The fraction of sp³-hybridized carbons (Fsp3) is 0.800. The highest BCUT2D eigenvalue weighted by Crippen LogP contribution is 2.51. The fourth-order valence-electron chi connectivity index (χ4n) is 1.56. The van der Waals surface area contributed by atoms with Crippen LogP contribution in [0.5, 0.6) is 0 Å². The molecule has 0 atom stereocenters. The van der Waals surface area contributed by atoms with Gasteiger partial charge in [0.05, 0.1) is 6.61 Å². The van der Waals surface area contributed by atoms with Crippen LogP contribution >= 0.6 is 0 Å². The smallest absolute Gasteiger partial charge is 0.333 e. The molecule has 2 heteroatoms. The highest BCUT2D eigenvalue weighted by Gasteiger charge is 2.46. The summed E-state index contributed by atoms with van der Waals surface area (Å²) in [6.07, 6.45) is 0. The van der Waals surface area contributed by atoms with Crippen LogP contribution in [0.3, 0.4) is 0 Å². The Balaban J connectivity index is 4.80. The number of rotatable bonds is 4. The van der Waals surface area contributed by atoms with Gasteiger partial charge >= 0.3 is 5.97 Å². The van der Waals surface area contributed by atoms with Gasteiger partial charge in [-0.3, -0.25) is 0 Å². The summed E-state index contributed by atoms with van der Waals surface area (Å²) >= 11 is 0. The third-order valence-electron chi connectivity index (χ3n) is 4.48. The number of ether oxygens (including phenoxy) is 1. The van der Waals surface area contributed by atoms with Crippen LogP contribution in [-0.2, 0) is 9.53 Å². The van der Waals surface area contributed by atoms with Crippen LogP contribution in [0.25, 0.3) is 0 Å². The molecule has 0 aromatic heterocycles. The van der Waals surface area contributed by atoms with Gasteiger partial charge in [-0.1, -0.05) is 55.0 Å². The molecule has 100 valence electrons. The van der Waals surface area contributed by atoms with Gasteiger partial charge in [-0.2, -0.15) is 0 Å². The summed E-state index contributed by atoms with van der Waals surface area (Å²) in [5, 5.41) is 0. The van der Waals surface area contributed by atoms with Gasteiger partial charge in [0.1, 0.15) is 0 Å². The van der Waals surface area contributed by atoms with Gasteiger partial charge in [0.2, 0.25) is 0 Å². The molecule has 0 bridgehead atoms. The van der Waals surface area contributed by atoms with E-state index in [2.05, 4.69) is 55.0 Å². The molecule has 0 N–H and O–H groups in total. The van der Waals surface area contributed by atoms with E-state index in [0.717, 1.165) is 0 Å². The third-order valence-corrected chi connectivity index (χ3v) is 4.48. The molecule has 0 saturated heterocycles. The lowest BCUT2D eigenvalue weighted by atomic mass is 9.56. The topological polar surface area (TPSA) is 26.3 Å². The Bertz CT molecular complexity index is 303. The van der Waals surface area contributed by atoms with Gasteiger partial charge in [-0.25, -0.2) is 4.79 Å². The van der Waals surface area contributed by atoms with Crippen molar-refractivity contribution in [2.24, 2.45) is 16.2 Å². The first-order valence-corrected chi connectivity index (χ1v) is 6.15. The molecule has 0 spiro atoms. The van der Waals surface area contributed by atoms with Crippen molar-refractivity contribution < 1.29 is 9.53 Å². The summed E-state index contributed by atoms with van der Waals surface area (Å²) in [7, 11) is 0. The summed E-state index contributed by atoms with van der Waals surface area (Å²) in [5.41, 5.74) is 0.562. The number of hydrogen-bond donors (Lipinski definition) is 0. The zero-order chi connectivity index (χ0) is 14.1. The summed E-state index contributed by atoms with van der Waals surface area (Å²) < 4.78 is 5.31. The van der Waals surface area contributed by atoms with E-state index in [-0.39, 0.29) is 22.2 Å². The molecule has 0 heterocycles. The minimum atomic E-state index is -0.303. The van der Waals surface area contributed by atoms with E-state index in [9.17, 15) is 4.79 Å².